The van der Waals surface area contributed by atoms with E-state index in [2.05, 4.69) is 0 Å². The molecule has 1 nitrogen and oxygen atoms in total. The first-order chi connectivity index (χ1) is 9.70. The van der Waals surface area contributed by atoms with Crippen LogP contribution in [0.1, 0.15) is 22.8 Å². The van der Waals surface area contributed by atoms with E-state index < -0.39 is 35.3 Å². The maximum atomic E-state index is 13.1. The van der Waals surface area contributed by atoms with Gasteiger partial charge in [0.05, 0.1) is 5.56 Å². The molecule has 0 heterocycles. The summed E-state index contributed by atoms with van der Waals surface area (Å²) in [4.78, 5) is 0. The Hall–Kier alpha value is -2.02. The molecule has 2 aromatic carbocycles. The van der Waals surface area contributed by atoms with E-state index in [4.69, 9.17) is 0 Å². The minimum atomic E-state index is -4.53. The topological polar surface area (TPSA) is 20.2 Å². The monoisotopic (exact) mass is 306 g/mol. The van der Waals surface area contributed by atoms with Crippen molar-refractivity contribution in [3.63, 3.8) is 0 Å². The molecular formula is C14H8F6O. The fourth-order valence-corrected chi connectivity index (χ4v) is 1.78. The second kappa shape index (κ2) is 5.40. The highest BCUT2D eigenvalue weighted by molar-refractivity contribution is 5.33. The zero-order valence-electron chi connectivity index (χ0n) is 10.3. The lowest BCUT2D eigenvalue weighted by molar-refractivity contribution is -0.137. The Bertz CT molecular complexity index is 624. The number of aliphatic hydroxyl groups is 1. The molecular weight excluding hydrogens is 298 g/mol. The Morgan fingerprint density at radius 1 is 0.810 bits per heavy atom. The van der Waals surface area contributed by atoms with Crippen LogP contribution < -0.4 is 0 Å². The van der Waals surface area contributed by atoms with Gasteiger partial charge in [0.2, 0.25) is 0 Å². The number of halogens is 6. The molecule has 0 aliphatic rings. The molecule has 21 heavy (non-hydrogen) atoms. The molecule has 1 N–H and O–H groups in total. The number of benzene rings is 2. The van der Waals surface area contributed by atoms with Crippen molar-refractivity contribution in [2.24, 2.45) is 0 Å². The quantitative estimate of drug-likeness (QED) is 0.651. The van der Waals surface area contributed by atoms with Gasteiger partial charge in [-0.3, -0.25) is 0 Å². The molecule has 0 bridgehead atoms. The molecule has 0 radical (unpaired) electrons. The SMILES string of the molecule is OC(c1ccc(C(F)(F)F)cc1)c1cc(F)c(F)c(F)c1. The summed E-state index contributed by atoms with van der Waals surface area (Å²) in [6.45, 7) is 0. The third-order valence-corrected chi connectivity index (χ3v) is 2.88. The Morgan fingerprint density at radius 3 is 1.71 bits per heavy atom. The zero-order chi connectivity index (χ0) is 15.8. The van der Waals surface area contributed by atoms with E-state index in [1.807, 2.05) is 0 Å². The number of aliphatic hydroxyl groups excluding tert-OH is 1. The summed E-state index contributed by atoms with van der Waals surface area (Å²) < 4.78 is 76.1. The van der Waals surface area contributed by atoms with Gasteiger partial charge in [0.25, 0.3) is 0 Å². The summed E-state index contributed by atoms with van der Waals surface area (Å²) in [5, 5.41) is 9.89. The largest absolute Gasteiger partial charge is 0.416 e. The van der Waals surface area contributed by atoms with Crippen LogP contribution in [-0.2, 0) is 6.18 Å². The van der Waals surface area contributed by atoms with Crippen molar-refractivity contribution in [1.82, 2.24) is 0 Å². The highest BCUT2D eigenvalue weighted by Gasteiger charge is 2.30. The van der Waals surface area contributed by atoms with Crippen molar-refractivity contribution in [3.05, 3.63) is 70.5 Å². The smallest absolute Gasteiger partial charge is 0.384 e. The zero-order valence-corrected chi connectivity index (χ0v) is 10.3. The molecule has 2 rings (SSSR count). The number of hydrogen-bond acceptors (Lipinski definition) is 1. The van der Waals surface area contributed by atoms with Crippen molar-refractivity contribution in [2.75, 3.05) is 0 Å². The van der Waals surface area contributed by atoms with Crippen LogP contribution in [0.5, 0.6) is 0 Å². The van der Waals surface area contributed by atoms with Gasteiger partial charge in [-0.1, -0.05) is 12.1 Å². The summed E-state index contributed by atoms with van der Waals surface area (Å²) >= 11 is 0. The third kappa shape index (κ3) is 3.18. The molecule has 0 saturated carbocycles. The third-order valence-electron chi connectivity index (χ3n) is 2.88. The minimum absolute atomic E-state index is 0.00610. The lowest BCUT2D eigenvalue weighted by Gasteiger charge is -2.13. The van der Waals surface area contributed by atoms with E-state index in [0.717, 1.165) is 24.3 Å². The second-order valence-electron chi connectivity index (χ2n) is 4.32. The first kappa shape index (κ1) is 15.4. The first-order valence-corrected chi connectivity index (χ1v) is 5.70. The van der Waals surface area contributed by atoms with Gasteiger partial charge in [-0.05, 0) is 35.4 Å². The predicted molar refractivity (Wildman–Crippen MR) is 61.8 cm³/mol. The number of rotatable bonds is 2. The van der Waals surface area contributed by atoms with Crippen molar-refractivity contribution >= 4 is 0 Å². The molecule has 7 heteroatoms. The van der Waals surface area contributed by atoms with Gasteiger partial charge >= 0.3 is 6.18 Å². The Morgan fingerprint density at radius 2 is 1.29 bits per heavy atom. The highest BCUT2D eigenvalue weighted by atomic mass is 19.4. The molecule has 0 amide bonds. The van der Waals surface area contributed by atoms with E-state index >= 15 is 0 Å². The van der Waals surface area contributed by atoms with Gasteiger partial charge < -0.3 is 5.11 Å². The van der Waals surface area contributed by atoms with E-state index in [1.54, 1.807) is 0 Å². The maximum Gasteiger partial charge on any atom is 0.416 e. The van der Waals surface area contributed by atoms with Crippen LogP contribution in [-0.4, -0.2) is 5.11 Å². The average molecular weight is 306 g/mol. The number of hydrogen-bond donors (Lipinski definition) is 1. The van der Waals surface area contributed by atoms with Crippen LogP contribution in [0.4, 0.5) is 26.3 Å². The molecule has 112 valence electrons. The summed E-state index contributed by atoms with van der Waals surface area (Å²) in [5.74, 6) is -4.66. The van der Waals surface area contributed by atoms with Crippen LogP contribution in [0.25, 0.3) is 0 Å². The Kier molecular flexibility index (Phi) is 3.95. The van der Waals surface area contributed by atoms with Crippen LogP contribution in [0.3, 0.4) is 0 Å². The fraction of sp³-hybridized carbons (Fsp3) is 0.143. The number of alkyl halides is 3. The Balaban J connectivity index is 2.34. The molecule has 1 unspecified atom stereocenters. The molecule has 0 saturated heterocycles. The maximum absolute atomic E-state index is 13.1. The van der Waals surface area contributed by atoms with Gasteiger partial charge in [-0.25, -0.2) is 13.2 Å². The van der Waals surface area contributed by atoms with Gasteiger partial charge in [-0.15, -0.1) is 0 Å². The first-order valence-electron chi connectivity index (χ1n) is 5.70. The highest BCUT2D eigenvalue weighted by Crippen LogP contribution is 2.31. The lowest BCUT2D eigenvalue weighted by atomic mass is 10.00. The second-order valence-corrected chi connectivity index (χ2v) is 4.32. The van der Waals surface area contributed by atoms with Gasteiger partial charge in [0.15, 0.2) is 17.5 Å². The molecule has 1 atom stereocenters. The molecule has 0 spiro atoms. The summed E-state index contributed by atoms with van der Waals surface area (Å²) in [6.07, 6.45) is -6.10. The van der Waals surface area contributed by atoms with E-state index in [9.17, 15) is 31.4 Å². The summed E-state index contributed by atoms with van der Waals surface area (Å²) in [7, 11) is 0. The van der Waals surface area contributed by atoms with Gasteiger partial charge in [-0.2, -0.15) is 13.2 Å². The fourth-order valence-electron chi connectivity index (χ4n) is 1.78. The van der Waals surface area contributed by atoms with Crippen LogP contribution in [0.15, 0.2) is 36.4 Å². The van der Waals surface area contributed by atoms with Crippen molar-refractivity contribution in [3.8, 4) is 0 Å². The van der Waals surface area contributed by atoms with E-state index in [0.29, 0.717) is 12.1 Å². The molecule has 2 aromatic rings. The van der Waals surface area contributed by atoms with E-state index in [1.165, 1.54) is 0 Å². The minimum Gasteiger partial charge on any atom is -0.384 e. The molecule has 0 fully saturated rings. The predicted octanol–water partition coefficient (Wildman–Crippen LogP) is 4.20. The van der Waals surface area contributed by atoms with Crippen molar-refractivity contribution in [1.29, 1.82) is 0 Å². The molecule has 0 aliphatic heterocycles. The lowest BCUT2D eigenvalue weighted by Crippen LogP contribution is -2.06. The van der Waals surface area contributed by atoms with Crippen molar-refractivity contribution < 1.29 is 31.4 Å². The normalized spacial score (nSPS) is 13.3. The Labute approximate surface area is 115 Å². The summed E-state index contributed by atoms with van der Waals surface area (Å²) in [6, 6.07) is 4.59. The standard InChI is InChI=1S/C14H8F6O/c15-10-5-8(6-11(16)12(10)17)13(21)7-1-3-9(4-2-7)14(18,19)20/h1-6,13,21H. The van der Waals surface area contributed by atoms with Gasteiger partial charge in [0, 0.05) is 0 Å². The average Bonchev–Trinajstić information content (AvgIpc) is 2.42. The van der Waals surface area contributed by atoms with Crippen LogP contribution >= 0.6 is 0 Å². The van der Waals surface area contributed by atoms with Crippen LogP contribution in [0.2, 0.25) is 0 Å². The summed E-state index contributed by atoms with van der Waals surface area (Å²) in [5.41, 5.74) is -1.23. The van der Waals surface area contributed by atoms with E-state index in [-0.39, 0.29) is 11.1 Å². The van der Waals surface area contributed by atoms with Gasteiger partial charge in [0.1, 0.15) is 6.10 Å². The van der Waals surface area contributed by atoms with Crippen molar-refractivity contribution in [2.45, 2.75) is 12.3 Å². The van der Waals surface area contributed by atoms with Crippen LogP contribution in [0, 0.1) is 17.5 Å². The molecule has 0 aromatic heterocycles. The molecule has 0 aliphatic carbocycles.